The second-order valence-electron chi connectivity index (χ2n) is 14.4. The molecule has 0 radical (unpaired) electrons. The first kappa shape index (κ1) is 59.4. The Bertz CT molecular complexity index is 510. The zero-order valence-corrected chi connectivity index (χ0v) is 42.1. The Morgan fingerprint density at radius 1 is 0.447 bits per heavy atom. The third kappa shape index (κ3) is 31.2. The monoisotopic (exact) mass is 912 g/mol. The van der Waals surface area contributed by atoms with Gasteiger partial charge in [-0.3, -0.25) is 0 Å². The summed E-state index contributed by atoms with van der Waals surface area (Å²) in [5.74, 6) is 2.23. The van der Waals surface area contributed by atoms with E-state index >= 15 is 0 Å². The summed E-state index contributed by atoms with van der Waals surface area (Å²) in [7, 11) is 18.8. The van der Waals surface area contributed by atoms with Crippen LogP contribution in [0.15, 0.2) is 0 Å². The molecule has 0 aromatic heterocycles. The van der Waals surface area contributed by atoms with Crippen molar-refractivity contribution >= 4 is 42.1 Å². The maximum absolute atomic E-state index is 4.93. The number of unbranched alkanes of at least 4 members (excludes halogenated alkanes) is 6. The van der Waals surface area contributed by atoms with E-state index in [0.29, 0.717) is 0 Å². The second-order valence-corrected chi connectivity index (χ2v) is 27.0. The van der Waals surface area contributed by atoms with E-state index < -0.39 is 49.8 Å². The molecule has 4 aliphatic carbocycles. The Hall–Kier alpha value is 3.14. The average molecular weight is 917 g/mol. The van der Waals surface area contributed by atoms with Gasteiger partial charge in [-0.05, 0) is 22.9 Å². The van der Waals surface area contributed by atoms with Crippen molar-refractivity contribution < 1.29 is 41.7 Å². The van der Waals surface area contributed by atoms with Gasteiger partial charge in [-0.25, -0.2) is 0 Å². The predicted molar refractivity (Wildman–Crippen MR) is 222 cm³/mol. The fourth-order valence-electron chi connectivity index (χ4n) is 8.61. The summed E-state index contributed by atoms with van der Waals surface area (Å²) in [5.41, 5.74) is 2.42. The summed E-state index contributed by atoms with van der Waals surface area (Å²) in [5, 5.41) is 0. The predicted octanol–water partition coefficient (Wildman–Crippen LogP) is 18.2. The molecule has 284 valence electrons. The molecular formula is C40H84Cl4SiZr2. The Kier molecular flexibility index (Phi) is 55.1. The van der Waals surface area contributed by atoms with Crippen LogP contribution in [0.5, 0.6) is 0 Å². The number of hydrogen-bond donors (Lipinski definition) is 0. The molecule has 0 nitrogen and oxygen atoms in total. The van der Waals surface area contributed by atoms with Crippen LogP contribution in [0, 0.1) is 41.5 Å². The molecule has 0 N–H and O–H groups in total. The van der Waals surface area contributed by atoms with Gasteiger partial charge < -0.3 is 29.7 Å². The Labute approximate surface area is 339 Å². The van der Waals surface area contributed by atoms with Gasteiger partial charge >= 0.3 is 75.7 Å². The molecular weight excluding hydrogens is 833 g/mol. The minimum atomic E-state index is -0.943. The Morgan fingerprint density at radius 2 is 0.723 bits per heavy atom. The summed E-state index contributed by atoms with van der Waals surface area (Å²) >= 11 is -1.65. The first-order chi connectivity index (χ1) is 21.0. The van der Waals surface area contributed by atoms with Gasteiger partial charge in [-0.2, -0.15) is 0 Å². The summed E-state index contributed by atoms with van der Waals surface area (Å²) in [6.07, 6.45) is 40.9. The van der Waals surface area contributed by atoms with Crippen LogP contribution in [0.25, 0.3) is 0 Å². The summed E-state index contributed by atoms with van der Waals surface area (Å²) in [6, 6.07) is 1.67. The maximum atomic E-state index is 4.93. The number of rotatable bonds is 14. The van der Waals surface area contributed by atoms with Crippen molar-refractivity contribution in [1.82, 2.24) is 0 Å². The molecule has 0 aliphatic heterocycles. The molecule has 0 atom stereocenters. The summed E-state index contributed by atoms with van der Waals surface area (Å²) in [4.78, 5) is 0. The summed E-state index contributed by atoms with van der Waals surface area (Å²) in [6.45, 7) is 9.72. The third-order valence-corrected chi connectivity index (χ3v) is 17.6. The molecule has 0 amide bonds. The van der Waals surface area contributed by atoms with E-state index in [1.165, 1.54) is 127 Å². The van der Waals surface area contributed by atoms with Crippen molar-refractivity contribution in [3.05, 3.63) is 29.7 Å². The molecule has 0 aromatic carbocycles. The Balaban J connectivity index is -0.000000179. The second kappa shape index (κ2) is 43.5. The van der Waals surface area contributed by atoms with Crippen LogP contribution in [-0.2, 0) is 41.7 Å². The van der Waals surface area contributed by atoms with Gasteiger partial charge in [0.2, 0.25) is 0 Å². The Morgan fingerprint density at radius 3 is 1.02 bits per heavy atom. The SMILES string of the molecule is CCCCC1CCCC1.CCCCC1CCCC1.CCCCCCC[Si](C)(C1CCCC1)C1CCCC1.[CH3-].[CH3-].[CH3-].[CH3-].[Cl][Zr+2][Cl].[Cl][Zr+2][Cl]. The van der Waals surface area contributed by atoms with Crippen LogP contribution in [0.4, 0.5) is 0 Å². The van der Waals surface area contributed by atoms with Crippen molar-refractivity contribution in [2.75, 3.05) is 0 Å². The molecule has 0 saturated heterocycles. The van der Waals surface area contributed by atoms with Gasteiger partial charge in [0.15, 0.2) is 0 Å². The van der Waals surface area contributed by atoms with Gasteiger partial charge in [0.05, 0.1) is 8.07 Å². The van der Waals surface area contributed by atoms with Crippen LogP contribution in [0.2, 0.25) is 23.7 Å². The van der Waals surface area contributed by atoms with Crippen LogP contribution < -0.4 is 0 Å². The van der Waals surface area contributed by atoms with Gasteiger partial charge in [-0.1, -0.05) is 207 Å². The fourth-order valence-corrected chi connectivity index (χ4v) is 14.6. The number of halogens is 4. The van der Waals surface area contributed by atoms with E-state index in [0.717, 1.165) is 11.8 Å². The molecule has 4 fully saturated rings. The molecule has 4 aliphatic rings. The van der Waals surface area contributed by atoms with Crippen LogP contribution in [0.1, 0.15) is 194 Å². The van der Waals surface area contributed by atoms with Gasteiger partial charge in [-0.15, -0.1) is 0 Å². The van der Waals surface area contributed by atoms with E-state index in [1.54, 1.807) is 63.8 Å². The molecule has 47 heavy (non-hydrogen) atoms. The zero-order valence-electron chi connectivity index (χ0n) is 33.1. The normalized spacial score (nSPS) is 17.5. The van der Waals surface area contributed by atoms with E-state index in [2.05, 4.69) is 27.3 Å². The van der Waals surface area contributed by atoms with Crippen LogP contribution in [0.3, 0.4) is 0 Å². The van der Waals surface area contributed by atoms with Gasteiger partial charge in [0.25, 0.3) is 0 Å². The average Bonchev–Trinajstić information content (AvgIpc) is 3.85. The van der Waals surface area contributed by atoms with Gasteiger partial charge in [0, 0.05) is 0 Å². The quantitative estimate of drug-likeness (QED) is 0.0925. The molecule has 0 spiro atoms. The molecule has 0 bridgehead atoms. The van der Waals surface area contributed by atoms with Gasteiger partial charge in [0.1, 0.15) is 0 Å². The zero-order chi connectivity index (χ0) is 32.0. The molecule has 4 saturated carbocycles. The minimum absolute atomic E-state index is 0. The topological polar surface area (TPSA) is 0 Å². The van der Waals surface area contributed by atoms with E-state index in [1.807, 2.05) is 0 Å². The van der Waals surface area contributed by atoms with Crippen molar-refractivity contribution in [3.8, 4) is 0 Å². The number of hydrogen-bond acceptors (Lipinski definition) is 0. The molecule has 0 unspecified atom stereocenters. The fraction of sp³-hybridized carbons (Fsp3) is 0.900. The van der Waals surface area contributed by atoms with E-state index in [4.69, 9.17) is 34.1 Å². The van der Waals surface area contributed by atoms with Crippen molar-refractivity contribution in [1.29, 1.82) is 0 Å². The molecule has 4 rings (SSSR count). The third-order valence-electron chi connectivity index (χ3n) is 11.3. The molecule has 7 heteroatoms. The standard InChI is InChI=1S/C18H36Si.2C9H18.4CH3.4ClH.2Zr/c1-3-4-5-6-11-16-19(2,17-12-7-8-13-17)18-14-9-10-15-18;2*1-2-3-6-9-7-4-5-8-9;;;;;;;;;;/h17-18H,3-16H2,1-2H3;2*9H,2-8H2,1H3;4*1H3;4*1H;;/q;;;4*-1;;;;;2*+4/p-4. The van der Waals surface area contributed by atoms with Crippen LogP contribution >= 0.6 is 34.1 Å². The van der Waals surface area contributed by atoms with E-state index in [9.17, 15) is 0 Å². The van der Waals surface area contributed by atoms with Crippen molar-refractivity contribution in [3.63, 3.8) is 0 Å². The first-order valence-corrected chi connectivity index (χ1v) is 34.4. The summed E-state index contributed by atoms with van der Waals surface area (Å²) < 4.78 is 0. The van der Waals surface area contributed by atoms with Crippen molar-refractivity contribution in [2.45, 2.75) is 218 Å². The first-order valence-electron chi connectivity index (χ1n) is 18.9. The van der Waals surface area contributed by atoms with E-state index in [-0.39, 0.29) is 29.7 Å². The molecule has 0 aromatic rings. The van der Waals surface area contributed by atoms with Crippen molar-refractivity contribution in [2.24, 2.45) is 11.8 Å². The molecule has 0 heterocycles. The van der Waals surface area contributed by atoms with Crippen LogP contribution in [-0.4, -0.2) is 8.07 Å².